The van der Waals surface area contributed by atoms with Gasteiger partial charge in [-0.3, -0.25) is 4.79 Å². The Kier molecular flexibility index (Phi) is 4.68. The summed E-state index contributed by atoms with van der Waals surface area (Å²) >= 11 is 1.60. The fourth-order valence-corrected chi connectivity index (χ4v) is 2.47. The van der Waals surface area contributed by atoms with Gasteiger partial charge in [-0.15, -0.1) is 11.3 Å². The van der Waals surface area contributed by atoms with Crippen molar-refractivity contribution in [3.63, 3.8) is 0 Å². The average molecular weight is 278 g/mol. The van der Waals surface area contributed by atoms with Crippen molar-refractivity contribution in [1.29, 1.82) is 0 Å². The predicted octanol–water partition coefficient (Wildman–Crippen LogP) is 1.72. The summed E-state index contributed by atoms with van der Waals surface area (Å²) in [5.41, 5.74) is 0. The molecule has 2 aromatic rings. The normalized spacial score (nSPS) is 12.6. The van der Waals surface area contributed by atoms with Crippen LogP contribution >= 0.6 is 11.3 Å². The number of nitrogens with zero attached hydrogens (tertiary/aromatic N) is 3. The molecule has 0 bridgehead atoms. The maximum Gasteiger partial charge on any atom is 0.225 e. The second kappa shape index (κ2) is 6.47. The number of thiophene rings is 1. The van der Waals surface area contributed by atoms with Gasteiger partial charge in [-0.2, -0.15) is 15.0 Å². The summed E-state index contributed by atoms with van der Waals surface area (Å²) in [6.07, 6.45) is 3.73. The van der Waals surface area contributed by atoms with Crippen LogP contribution in [0.2, 0.25) is 0 Å². The van der Waals surface area contributed by atoms with E-state index in [4.69, 9.17) is 0 Å². The number of nitrogens with one attached hydrogen (secondary N) is 1. The van der Waals surface area contributed by atoms with Crippen molar-refractivity contribution < 1.29 is 4.79 Å². The molecule has 0 saturated heterocycles. The smallest absolute Gasteiger partial charge is 0.225 e. The summed E-state index contributed by atoms with van der Waals surface area (Å²) in [5, 5.41) is 13.2. The molecule has 0 aromatic carbocycles. The van der Waals surface area contributed by atoms with E-state index in [0.29, 0.717) is 18.9 Å². The van der Waals surface area contributed by atoms with E-state index in [2.05, 4.69) is 29.4 Å². The lowest BCUT2D eigenvalue weighted by Gasteiger charge is -2.21. The van der Waals surface area contributed by atoms with Gasteiger partial charge < -0.3 is 5.32 Å². The summed E-state index contributed by atoms with van der Waals surface area (Å²) in [6, 6.07) is 3.98. The Bertz CT molecular complexity index is 493. The van der Waals surface area contributed by atoms with Crippen molar-refractivity contribution in [3.05, 3.63) is 34.8 Å². The van der Waals surface area contributed by atoms with Crippen molar-refractivity contribution in [2.45, 2.75) is 32.9 Å². The van der Waals surface area contributed by atoms with E-state index in [-0.39, 0.29) is 11.9 Å². The molecule has 0 saturated carbocycles. The van der Waals surface area contributed by atoms with Crippen molar-refractivity contribution in [2.24, 2.45) is 5.92 Å². The highest BCUT2D eigenvalue weighted by atomic mass is 32.1. The van der Waals surface area contributed by atoms with Crippen LogP contribution in [0.3, 0.4) is 0 Å². The third-order valence-corrected chi connectivity index (χ3v) is 3.77. The van der Waals surface area contributed by atoms with Gasteiger partial charge in [0.05, 0.1) is 31.4 Å². The highest BCUT2D eigenvalue weighted by Gasteiger charge is 2.17. The number of hydrogen-bond acceptors (Lipinski definition) is 4. The number of rotatable bonds is 6. The fourth-order valence-electron chi connectivity index (χ4n) is 1.77. The van der Waals surface area contributed by atoms with E-state index < -0.39 is 0 Å². The summed E-state index contributed by atoms with van der Waals surface area (Å²) in [6.45, 7) is 4.76. The minimum atomic E-state index is 0.0415. The number of aromatic nitrogens is 3. The minimum Gasteiger partial charge on any atom is -0.351 e. The third-order valence-electron chi connectivity index (χ3n) is 2.89. The van der Waals surface area contributed by atoms with Gasteiger partial charge in [0.2, 0.25) is 5.91 Å². The summed E-state index contributed by atoms with van der Waals surface area (Å²) in [4.78, 5) is 14.7. The van der Waals surface area contributed by atoms with Gasteiger partial charge in [0.25, 0.3) is 0 Å². The van der Waals surface area contributed by atoms with Gasteiger partial charge in [0.1, 0.15) is 0 Å². The summed E-state index contributed by atoms with van der Waals surface area (Å²) < 4.78 is 0. The van der Waals surface area contributed by atoms with Crippen LogP contribution in [-0.4, -0.2) is 26.9 Å². The maximum atomic E-state index is 12.0. The lowest BCUT2D eigenvalue weighted by atomic mass is 10.0. The van der Waals surface area contributed by atoms with Crippen LogP contribution < -0.4 is 5.32 Å². The Morgan fingerprint density at radius 1 is 1.42 bits per heavy atom. The van der Waals surface area contributed by atoms with Gasteiger partial charge in [-0.1, -0.05) is 19.9 Å². The Morgan fingerprint density at radius 2 is 2.16 bits per heavy atom. The molecule has 1 N–H and O–H groups in total. The maximum absolute atomic E-state index is 12.0. The van der Waals surface area contributed by atoms with Gasteiger partial charge in [0.15, 0.2) is 0 Å². The highest BCUT2D eigenvalue weighted by molar-refractivity contribution is 7.10. The zero-order valence-corrected chi connectivity index (χ0v) is 11.9. The molecule has 5 nitrogen and oxygen atoms in total. The first-order valence-electron chi connectivity index (χ1n) is 6.31. The number of carbonyl (C=O) groups excluding carboxylic acids is 1. The molecule has 0 fully saturated rings. The lowest BCUT2D eigenvalue weighted by molar-refractivity contribution is -0.121. The first-order valence-corrected chi connectivity index (χ1v) is 7.19. The van der Waals surface area contributed by atoms with Crippen LogP contribution in [0.25, 0.3) is 0 Å². The minimum absolute atomic E-state index is 0.0415. The quantitative estimate of drug-likeness (QED) is 0.875. The summed E-state index contributed by atoms with van der Waals surface area (Å²) in [7, 11) is 0. The van der Waals surface area contributed by atoms with Crippen LogP contribution in [0.1, 0.15) is 18.7 Å². The molecule has 2 heterocycles. The molecule has 1 unspecified atom stereocenters. The summed E-state index contributed by atoms with van der Waals surface area (Å²) in [5.74, 6) is 0.381. The molecule has 0 spiro atoms. The third kappa shape index (κ3) is 4.17. The zero-order chi connectivity index (χ0) is 13.7. The van der Waals surface area contributed by atoms with Crippen molar-refractivity contribution in [1.82, 2.24) is 20.3 Å². The SMILES string of the molecule is CC(C)C(Cn1nccn1)NC(=O)Cc1cccs1. The lowest BCUT2D eigenvalue weighted by Crippen LogP contribution is -2.42. The molecular formula is C13H18N4OS. The van der Waals surface area contributed by atoms with Gasteiger partial charge in [0, 0.05) is 4.88 Å². The van der Waals surface area contributed by atoms with Crippen LogP contribution in [0.15, 0.2) is 29.9 Å². The molecule has 0 aliphatic rings. The number of carbonyl (C=O) groups is 1. The zero-order valence-electron chi connectivity index (χ0n) is 11.1. The molecule has 2 rings (SSSR count). The number of amides is 1. The molecule has 2 aromatic heterocycles. The van der Waals surface area contributed by atoms with Gasteiger partial charge >= 0.3 is 0 Å². The van der Waals surface area contributed by atoms with Crippen LogP contribution in [0, 0.1) is 5.92 Å². The molecule has 0 aliphatic carbocycles. The molecule has 0 radical (unpaired) electrons. The molecule has 19 heavy (non-hydrogen) atoms. The van der Waals surface area contributed by atoms with Crippen molar-refractivity contribution in [2.75, 3.05) is 0 Å². The average Bonchev–Trinajstić information content (AvgIpc) is 3.00. The molecule has 1 atom stereocenters. The van der Waals surface area contributed by atoms with Crippen molar-refractivity contribution in [3.8, 4) is 0 Å². The molecule has 102 valence electrons. The fraction of sp³-hybridized carbons (Fsp3) is 0.462. The topological polar surface area (TPSA) is 59.8 Å². The van der Waals surface area contributed by atoms with E-state index in [1.54, 1.807) is 28.5 Å². The molecule has 1 amide bonds. The Hall–Kier alpha value is -1.69. The Labute approximate surface area is 116 Å². The molecular weight excluding hydrogens is 260 g/mol. The van der Waals surface area contributed by atoms with Crippen LogP contribution in [0.5, 0.6) is 0 Å². The van der Waals surface area contributed by atoms with Crippen LogP contribution in [-0.2, 0) is 17.8 Å². The predicted molar refractivity (Wildman–Crippen MR) is 74.8 cm³/mol. The molecule has 0 aliphatic heterocycles. The van der Waals surface area contributed by atoms with Gasteiger partial charge in [-0.05, 0) is 17.4 Å². The van der Waals surface area contributed by atoms with E-state index in [0.717, 1.165) is 4.88 Å². The standard InChI is InChI=1S/C13H18N4OS/c1-10(2)12(9-17-14-5-6-15-17)16-13(18)8-11-4-3-7-19-11/h3-7,10,12H,8-9H2,1-2H3,(H,16,18). The van der Waals surface area contributed by atoms with Gasteiger partial charge in [-0.25, -0.2) is 0 Å². The number of hydrogen-bond donors (Lipinski definition) is 1. The highest BCUT2D eigenvalue weighted by Crippen LogP contribution is 2.10. The first kappa shape index (κ1) is 13.7. The van der Waals surface area contributed by atoms with Crippen LogP contribution in [0.4, 0.5) is 0 Å². The second-order valence-electron chi connectivity index (χ2n) is 4.76. The molecule has 6 heteroatoms. The van der Waals surface area contributed by atoms with E-state index in [9.17, 15) is 4.79 Å². The Balaban J connectivity index is 1.91. The van der Waals surface area contributed by atoms with E-state index in [1.807, 2.05) is 17.5 Å². The van der Waals surface area contributed by atoms with E-state index in [1.165, 1.54) is 0 Å². The van der Waals surface area contributed by atoms with E-state index >= 15 is 0 Å². The Morgan fingerprint density at radius 3 is 2.74 bits per heavy atom. The largest absolute Gasteiger partial charge is 0.351 e. The van der Waals surface area contributed by atoms with Crippen molar-refractivity contribution >= 4 is 17.2 Å². The first-order chi connectivity index (χ1) is 9.15. The monoisotopic (exact) mass is 278 g/mol. The second-order valence-corrected chi connectivity index (χ2v) is 5.79.